The monoisotopic (exact) mass is 419 g/mol. The van der Waals surface area contributed by atoms with Gasteiger partial charge < -0.3 is 5.11 Å². The van der Waals surface area contributed by atoms with E-state index < -0.39 is 24.5 Å². The number of nitrogens with zero attached hydrogens (tertiary/aromatic N) is 3. The minimum absolute atomic E-state index is 0.163. The molecule has 28 heavy (non-hydrogen) atoms. The van der Waals surface area contributed by atoms with Crippen molar-refractivity contribution in [3.05, 3.63) is 54.1 Å². The number of aliphatic hydroxyl groups is 1. The van der Waals surface area contributed by atoms with Crippen molar-refractivity contribution in [2.24, 2.45) is 0 Å². The molecule has 3 rings (SSSR count). The summed E-state index contributed by atoms with van der Waals surface area (Å²) in [6.45, 7) is 10.0. The fourth-order valence-electron chi connectivity index (χ4n) is 2.96. The Hall–Kier alpha value is -2.07. The molecule has 0 aliphatic rings. The van der Waals surface area contributed by atoms with E-state index >= 15 is 0 Å². The highest BCUT2D eigenvalue weighted by Crippen LogP contribution is 2.36. The molecule has 0 amide bonds. The van der Waals surface area contributed by atoms with E-state index in [0.29, 0.717) is 11.0 Å². The predicted molar refractivity (Wildman–Crippen MR) is 112 cm³/mol. The first kappa shape index (κ1) is 20.7. The van der Waals surface area contributed by atoms with Gasteiger partial charge in [-0.2, -0.15) is 8.42 Å². The summed E-state index contributed by atoms with van der Waals surface area (Å²) in [5.74, 6) is 0. The summed E-state index contributed by atoms with van der Waals surface area (Å²) in [5.41, 5.74) is 0.986. The third-order valence-corrected chi connectivity index (χ3v) is 11.8. The minimum atomic E-state index is -4.55. The summed E-state index contributed by atoms with van der Waals surface area (Å²) < 4.78 is 34.6. The lowest BCUT2D eigenvalue weighted by Crippen LogP contribution is -2.54. The van der Waals surface area contributed by atoms with Crippen LogP contribution in [0.15, 0.2) is 42.9 Å². The highest BCUT2D eigenvalue weighted by atomic mass is 32.2. The van der Waals surface area contributed by atoms with Crippen LogP contribution in [-0.4, -0.2) is 40.1 Å². The van der Waals surface area contributed by atoms with Gasteiger partial charge in [0.05, 0.1) is 5.69 Å². The molecule has 0 bridgehead atoms. The smallest absolute Gasteiger partial charge is 0.364 e. The molecule has 0 spiro atoms. The van der Waals surface area contributed by atoms with Crippen LogP contribution >= 0.6 is 0 Å². The normalized spacial score (nSPS) is 14.4. The van der Waals surface area contributed by atoms with E-state index in [0.717, 1.165) is 14.7 Å². The molecule has 1 atom stereocenters. The first-order chi connectivity index (χ1) is 12.8. The maximum atomic E-state index is 12.0. The quantitative estimate of drug-likeness (QED) is 0.498. The van der Waals surface area contributed by atoms with Crippen molar-refractivity contribution in [2.45, 2.75) is 45.0 Å². The van der Waals surface area contributed by atoms with Crippen molar-refractivity contribution >= 4 is 34.6 Å². The average molecular weight is 420 g/mol. The van der Waals surface area contributed by atoms with Gasteiger partial charge in [0.25, 0.3) is 0 Å². The number of aliphatic hydroxyl groups excluding tert-OH is 1. The number of hydrogen-bond acceptors (Lipinski definition) is 5. The minimum Gasteiger partial charge on any atom is -0.382 e. The van der Waals surface area contributed by atoms with Gasteiger partial charge >= 0.3 is 10.3 Å². The Balaban J connectivity index is 2.21. The second kappa shape index (κ2) is 6.77. The van der Waals surface area contributed by atoms with Crippen molar-refractivity contribution < 1.29 is 18.1 Å². The number of hydrogen-bond donors (Lipinski definition) is 2. The van der Waals surface area contributed by atoms with Gasteiger partial charge in [0.15, 0.2) is 0 Å². The Bertz CT molecular complexity index is 1130. The number of imidazole rings is 1. The van der Waals surface area contributed by atoms with Crippen molar-refractivity contribution in [1.82, 2.24) is 13.9 Å². The van der Waals surface area contributed by atoms with Gasteiger partial charge in [-0.15, -0.1) is 0 Å². The van der Waals surface area contributed by atoms with E-state index in [1.807, 2.05) is 58.1 Å². The van der Waals surface area contributed by atoms with Crippen molar-refractivity contribution in [3.8, 4) is 0 Å². The molecule has 1 unspecified atom stereocenters. The van der Waals surface area contributed by atoms with Crippen LogP contribution in [0.4, 0.5) is 0 Å². The van der Waals surface area contributed by atoms with Crippen molar-refractivity contribution in [2.75, 3.05) is 0 Å². The summed E-state index contributed by atoms with van der Waals surface area (Å²) in [4.78, 5) is 8.68. The Morgan fingerprint density at radius 3 is 2.39 bits per heavy atom. The second-order valence-electron chi connectivity index (χ2n) is 8.49. The zero-order valence-electron chi connectivity index (χ0n) is 16.6. The second-order valence-corrected chi connectivity index (χ2v) is 15.0. The molecule has 0 saturated carbocycles. The fraction of sp³-hybridized carbons (Fsp3) is 0.368. The molecule has 7 nitrogen and oxygen atoms in total. The van der Waals surface area contributed by atoms with E-state index in [1.165, 1.54) is 6.20 Å². The number of fused-ring (bicyclic) bond motifs is 1. The van der Waals surface area contributed by atoms with E-state index in [9.17, 15) is 18.1 Å². The Kier molecular flexibility index (Phi) is 4.99. The lowest BCUT2D eigenvalue weighted by Gasteiger charge is -2.35. The van der Waals surface area contributed by atoms with Crippen LogP contribution in [0, 0.1) is 0 Å². The molecule has 2 heterocycles. The van der Waals surface area contributed by atoms with Gasteiger partial charge in [0.2, 0.25) is 0 Å². The number of aromatic nitrogens is 3. The maximum Gasteiger partial charge on any atom is 0.364 e. The van der Waals surface area contributed by atoms with E-state index in [2.05, 4.69) is 9.97 Å². The molecule has 0 saturated heterocycles. The Morgan fingerprint density at radius 2 is 1.79 bits per heavy atom. The molecule has 0 aliphatic heterocycles. The highest BCUT2D eigenvalue weighted by molar-refractivity contribution is 7.84. The van der Waals surface area contributed by atoms with Crippen LogP contribution in [0.5, 0.6) is 0 Å². The molecule has 150 valence electrons. The van der Waals surface area contributed by atoms with Gasteiger partial charge in [0.1, 0.15) is 19.6 Å². The molecule has 9 heteroatoms. The van der Waals surface area contributed by atoms with Gasteiger partial charge in [-0.1, -0.05) is 58.1 Å². The van der Waals surface area contributed by atoms with E-state index in [4.69, 9.17) is 0 Å². The van der Waals surface area contributed by atoms with Crippen LogP contribution in [0.25, 0.3) is 10.8 Å². The molecule has 3 aromatic rings. The number of rotatable bonds is 4. The maximum absolute atomic E-state index is 12.0. The Labute approximate surface area is 166 Å². The third-order valence-electron chi connectivity index (χ3n) is 5.65. The first-order valence-electron chi connectivity index (χ1n) is 8.92. The Morgan fingerprint density at radius 1 is 1.14 bits per heavy atom. The largest absolute Gasteiger partial charge is 0.382 e. The summed E-state index contributed by atoms with van der Waals surface area (Å²) in [6.07, 6.45) is 3.28. The predicted octanol–water partition coefficient (Wildman–Crippen LogP) is 2.88. The molecule has 2 aromatic heterocycles. The summed E-state index contributed by atoms with van der Waals surface area (Å²) in [6, 6.07) is 7.49. The van der Waals surface area contributed by atoms with Crippen LogP contribution in [0.2, 0.25) is 18.1 Å². The molecule has 0 aliphatic carbocycles. The topological polar surface area (TPSA) is 105 Å². The zero-order chi connectivity index (χ0) is 20.9. The lowest BCUT2D eigenvalue weighted by molar-refractivity contribution is 0.217. The number of benzene rings is 1. The lowest BCUT2D eigenvalue weighted by atomic mass is 10.0. The van der Waals surface area contributed by atoms with Crippen LogP contribution in [0.3, 0.4) is 0 Å². The van der Waals surface area contributed by atoms with Gasteiger partial charge in [-0.05, 0) is 10.4 Å². The summed E-state index contributed by atoms with van der Waals surface area (Å²) in [5, 5.41) is 12.4. The van der Waals surface area contributed by atoms with Crippen LogP contribution in [-0.2, 0) is 10.3 Å². The average Bonchev–Trinajstić information content (AvgIpc) is 3.06. The third kappa shape index (κ3) is 3.50. The molecule has 0 fully saturated rings. The molecule has 1 aromatic carbocycles. The highest BCUT2D eigenvalue weighted by Gasteiger charge is 2.43. The van der Waals surface area contributed by atoms with Gasteiger partial charge in [-0.25, -0.2) is 8.96 Å². The molecule has 2 N–H and O–H groups in total. The standard InChI is InChI=1S/C19H25N3O4SSi/c1-19(2,3)28(4,5)18-21-16(12-22(18)27(24,25)26)17(23)15-11-20-10-13-8-6-7-9-14(13)15/h6-12,17,23H,1-5H3,(H,24,25,26). The SMILES string of the molecule is CC(C)(C)[Si](C)(C)c1nc(C(O)c2cncc3ccccc23)cn1S(=O)(=O)O. The van der Waals surface area contributed by atoms with Crippen molar-refractivity contribution in [3.63, 3.8) is 0 Å². The van der Waals surface area contributed by atoms with Crippen LogP contribution < -0.4 is 5.45 Å². The van der Waals surface area contributed by atoms with Gasteiger partial charge in [0, 0.05) is 29.5 Å². The van der Waals surface area contributed by atoms with E-state index in [-0.39, 0.29) is 10.7 Å². The van der Waals surface area contributed by atoms with Gasteiger partial charge in [-0.3, -0.25) is 9.54 Å². The number of pyridine rings is 1. The molecular weight excluding hydrogens is 394 g/mol. The van der Waals surface area contributed by atoms with E-state index in [1.54, 1.807) is 12.4 Å². The molecular formula is C19H25N3O4SSi. The summed E-state index contributed by atoms with van der Waals surface area (Å²) in [7, 11) is -6.98. The fourth-order valence-corrected chi connectivity index (χ4v) is 6.18. The van der Waals surface area contributed by atoms with Crippen molar-refractivity contribution in [1.29, 1.82) is 0 Å². The first-order valence-corrected chi connectivity index (χ1v) is 13.3. The zero-order valence-corrected chi connectivity index (χ0v) is 18.4. The summed E-state index contributed by atoms with van der Waals surface area (Å²) >= 11 is 0. The molecule has 0 radical (unpaired) electrons. The van der Waals surface area contributed by atoms with Crippen LogP contribution in [0.1, 0.15) is 38.1 Å².